The number of amides is 2. The lowest BCUT2D eigenvalue weighted by molar-refractivity contribution is -0.132. The average molecular weight is 506 g/mol. The lowest BCUT2D eigenvalue weighted by atomic mass is 9.90. The number of ketones is 1. The van der Waals surface area contributed by atoms with Crippen LogP contribution in [0, 0.1) is 5.41 Å². The minimum absolute atomic E-state index is 0.157. The molecule has 0 spiro atoms. The van der Waals surface area contributed by atoms with Crippen molar-refractivity contribution in [1.29, 1.82) is 0 Å². The minimum atomic E-state index is -0.239. The van der Waals surface area contributed by atoms with E-state index in [1.165, 1.54) is 19.1 Å². The van der Waals surface area contributed by atoms with Crippen LogP contribution < -0.4 is 10.6 Å². The number of aromatic hydroxyl groups is 1. The zero-order valence-corrected chi connectivity index (χ0v) is 22.2. The molecule has 1 saturated heterocycles. The number of benzene rings is 1. The Morgan fingerprint density at radius 1 is 1.03 bits per heavy atom. The molecule has 202 valence electrons. The van der Waals surface area contributed by atoms with E-state index in [-0.39, 0.29) is 47.4 Å². The Morgan fingerprint density at radius 2 is 1.69 bits per heavy atom. The van der Waals surface area contributed by atoms with Gasteiger partial charge >= 0.3 is 0 Å². The van der Waals surface area contributed by atoms with Crippen molar-refractivity contribution < 1.29 is 29.0 Å². The van der Waals surface area contributed by atoms with Crippen molar-refractivity contribution in [3.8, 4) is 5.75 Å². The molecule has 0 radical (unpaired) electrons. The number of carbonyl (C=O) groups is 3. The number of rotatable bonds is 14. The number of nitrogens with one attached hydrogen (secondary N) is 2. The van der Waals surface area contributed by atoms with Gasteiger partial charge in [0.2, 0.25) is 11.8 Å². The molecule has 1 heterocycles. The first-order chi connectivity index (χ1) is 17.0. The van der Waals surface area contributed by atoms with Gasteiger partial charge in [0.1, 0.15) is 5.75 Å². The molecule has 9 heteroatoms. The maximum Gasteiger partial charge on any atom is 0.226 e. The number of phenols is 1. The quantitative estimate of drug-likeness (QED) is 0.262. The molecule has 36 heavy (non-hydrogen) atoms. The number of nitrogens with zero attached hydrogens (tertiary/aromatic N) is 1. The van der Waals surface area contributed by atoms with Crippen LogP contribution in [0.5, 0.6) is 5.75 Å². The van der Waals surface area contributed by atoms with E-state index in [1.807, 2.05) is 4.90 Å². The highest BCUT2D eigenvalue weighted by Crippen LogP contribution is 2.23. The van der Waals surface area contributed by atoms with E-state index in [1.54, 1.807) is 6.07 Å². The molecule has 2 rings (SSSR count). The maximum atomic E-state index is 12.4. The van der Waals surface area contributed by atoms with Gasteiger partial charge in [0.15, 0.2) is 5.78 Å². The average Bonchev–Trinajstić information content (AvgIpc) is 2.81. The SMILES string of the molecule is CC(=O)c1ccc(NC(=O)CCOCCOCCNC2CCN(C(=O)CCC(C)(C)C)CC2)cc1O. The predicted molar refractivity (Wildman–Crippen MR) is 139 cm³/mol. The van der Waals surface area contributed by atoms with Crippen molar-refractivity contribution >= 4 is 23.3 Å². The van der Waals surface area contributed by atoms with E-state index in [0.29, 0.717) is 38.0 Å². The van der Waals surface area contributed by atoms with Gasteiger partial charge in [0.05, 0.1) is 38.4 Å². The van der Waals surface area contributed by atoms with Crippen LogP contribution in [-0.4, -0.2) is 79.7 Å². The molecule has 0 atom stereocenters. The fourth-order valence-corrected chi connectivity index (χ4v) is 3.93. The van der Waals surface area contributed by atoms with Gasteiger partial charge in [-0.15, -0.1) is 0 Å². The van der Waals surface area contributed by atoms with Crippen LogP contribution in [0.2, 0.25) is 0 Å². The highest BCUT2D eigenvalue weighted by atomic mass is 16.5. The molecule has 0 saturated carbocycles. The smallest absolute Gasteiger partial charge is 0.226 e. The standard InChI is InChI=1S/C27H43N3O6/c1-20(31)23-6-5-22(19-24(23)32)29-25(33)10-15-35-17-18-36-16-12-28-21-8-13-30(14-9-21)26(34)7-11-27(2,3)4/h5-6,19,21,28,32H,7-18H2,1-4H3,(H,29,33). The van der Waals surface area contributed by atoms with Crippen LogP contribution in [0.4, 0.5) is 5.69 Å². The Labute approximate surface area is 214 Å². The van der Waals surface area contributed by atoms with Crippen molar-refractivity contribution in [2.24, 2.45) is 5.41 Å². The van der Waals surface area contributed by atoms with Crippen molar-refractivity contribution in [3.63, 3.8) is 0 Å². The van der Waals surface area contributed by atoms with E-state index in [2.05, 4.69) is 31.4 Å². The monoisotopic (exact) mass is 505 g/mol. The second kappa shape index (κ2) is 14.9. The zero-order chi connectivity index (χ0) is 26.6. The summed E-state index contributed by atoms with van der Waals surface area (Å²) in [6, 6.07) is 4.83. The number of phenolic OH excluding ortho intramolecular Hbond substituents is 1. The van der Waals surface area contributed by atoms with Crippen LogP contribution >= 0.6 is 0 Å². The number of hydrogen-bond donors (Lipinski definition) is 3. The van der Waals surface area contributed by atoms with Crippen LogP contribution in [0.15, 0.2) is 18.2 Å². The Hall–Kier alpha value is -2.49. The van der Waals surface area contributed by atoms with E-state index >= 15 is 0 Å². The fraction of sp³-hybridized carbons (Fsp3) is 0.667. The van der Waals surface area contributed by atoms with Gasteiger partial charge in [-0.3, -0.25) is 14.4 Å². The first-order valence-electron chi connectivity index (χ1n) is 12.9. The summed E-state index contributed by atoms with van der Waals surface area (Å²) in [5.74, 6) is -0.364. The van der Waals surface area contributed by atoms with E-state index in [9.17, 15) is 19.5 Å². The summed E-state index contributed by atoms with van der Waals surface area (Å²) in [5.41, 5.74) is 0.832. The number of piperidine rings is 1. The topological polar surface area (TPSA) is 117 Å². The van der Waals surface area contributed by atoms with Crippen LogP contribution in [0.3, 0.4) is 0 Å². The summed E-state index contributed by atoms with van der Waals surface area (Å²) in [4.78, 5) is 37.7. The Balaban J connectivity index is 1.45. The molecule has 0 aromatic heterocycles. The summed E-state index contributed by atoms with van der Waals surface area (Å²) >= 11 is 0. The number of hydrogen-bond acceptors (Lipinski definition) is 7. The van der Waals surface area contributed by atoms with Gasteiger partial charge in [-0.25, -0.2) is 0 Å². The first kappa shape index (κ1) is 29.7. The normalized spacial score (nSPS) is 14.6. The Morgan fingerprint density at radius 3 is 2.31 bits per heavy atom. The third kappa shape index (κ3) is 11.5. The van der Waals surface area contributed by atoms with Gasteiger partial charge in [0.25, 0.3) is 0 Å². The van der Waals surface area contributed by atoms with E-state index < -0.39 is 0 Å². The summed E-state index contributed by atoms with van der Waals surface area (Å²) in [5, 5.41) is 16.0. The summed E-state index contributed by atoms with van der Waals surface area (Å²) in [6.07, 6.45) is 3.65. The van der Waals surface area contributed by atoms with Crippen molar-refractivity contribution in [2.45, 2.75) is 65.8 Å². The van der Waals surface area contributed by atoms with Gasteiger partial charge in [-0.2, -0.15) is 0 Å². The molecule has 1 fully saturated rings. The van der Waals surface area contributed by atoms with Crippen LogP contribution in [0.1, 0.15) is 70.2 Å². The molecule has 1 aliphatic heterocycles. The van der Waals surface area contributed by atoms with Crippen LogP contribution in [-0.2, 0) is 19.1 Å². The third-order valence-electron chi connectivity index (χ3n) is 6.12. The summed E-state index contributed by atoms with van der Waals surface area (Å²) < 4.78 is 11.0. The second-order valence-corrected chi connectivity index (χ2v) is 10.5. The molecule has 1 aromatic carbocycles. The number of ether oxygens (including phenoxy) is 2. The number of likely N-dealkylation sites (tertiary alicyclic amines) is 1. The summed E-state index contributed by atoms with van der Waals surface area (Å²) in [6.45, 7) is 11.9. The van der Waals surface area contributed by atoms with Gasteiger partial charge < -0.3 is 30.1 Å². The van der Waals surface area contributed by atoms with Gasteiger partial charge in [0, 0.05) is 43.9 Å². The highest BCUT2D eigenvalue weighted by Gasteiger charge is 2.23. The summed E-state index contributed by atoms with van der Waals surface area (Å²) in [7, 11) is 0. The molecule has 1 aliphatic rings. The maximum absolute atomic E-state index is 12.4. The zero-order valence-electron chi connectivity index (χ0n) is 22.2. The Bertz CT molecular complexity index is 860. The first-order valence-corrected chi connectivity index (χ1v) is 12.9. The van der Waals surface area contributed by atoms with Crippen LogP contribution in [0.25, 0.3) is 0 Å². The molecule has 0 bridgehead atoms. The molecular weight excluding hydrogens is 462 g/mol. The predicted octanol–water partition coefficient (Wildman–Crippen LogP) is 3.36. The van der Waals surface area contributed by atoms with Gasteiger partial charge in [-0.1, -0.05) is 20.8 Å². The van der Waals surface area contributed by atoms with Gasteiger partial charge in [-0.05, 0) is 43.7 Å². The Kier molecular flexibility index (Phi) is 12.3. The molecule has 1 aromatic rings. The number of Topliss-reactive ketones (excluding diaryl/α,β-unsaturated/α-hetero) is 1. The fourth-order valence-electron chi connectivity index (χ4n) is 3.93. The second-order valence-electron chi connectivity index (χ2n) is 10.5. The molecule has 0 unspecified atom stereocenters. The molecule has 9 nitrogen and oxygen atoms in total. The largest absolute Gasteiger partial charge is 0.507 e. The van der Waals surface area contributed by atoms with E-state index in [0.717, 1.165) is 38.9 Å². The molecule has 3 N–H and O–H groups in total. The van der Waals surface area contributed by atoms with Crippen molar-refractivity contribution in [2.75, 3.05) is 51.4 Å². The molecular formula is C27H43N3O6. The molecule has 2 amide bonds. The van der Waals surface area contributed by atoms with E-state index in [4.69, 9.17) is 9.47 Å². The number of anilines is 1. The third-order valence-corrected chi connectivity index (χ3v) is 6.12. The number of carbonyl (C=O) groups excluding carboxylic acids is 3. The van der Waals surface area contributed by atoms with Crippen molar-refractivity contribution in [3.05, 3.63) is 23.8 Å². The molecule has 0 aliphatic carbocycles. The lowest BCUT2D eigenvalue weighted by Gasteiger charge is -2.33. The highest BCUT2D eigenvalue weighted by molar-refractivity contribution is 5.98. The minimum Gasteiger partial charge on any atom is -0.507 e. The lowest BCUT2D eigenvalue weighted by Crippen LogP contribution is -2.45. The van der Waals surface area contributed by atoms with Crippen molar-refractivity contribution in [1.82, 2.24) is 10.2 Å².